The van der Waals surface area contributed by atoms with Gasteiger partial charge in [-0.05, 0) is 29.8 Å². The van der Waals surface area contributed by atoms with E-state index in [0.29, 0.717) is 23.2 Å². The van der Waals surface area contributed by atoms with Crippen LogP contribution in [0.15, 0.2) is 50.8 Å². The van der Waals surface area contributed by atoms with Crippen molar-refractivity contribution in [1.82, 2.24) is 0 Å². The molecule has 0 N–H and O–H groups in total. The van der Waals surface area contributed by atoms with Crippen LogP contribution >= 0.6 is 11.6 Å². The zero-order chi connectivity index (χ0) is 14.4. The molecule has 0 aliphatic carbocycles. The fraction of sp³-hybridized carbons (Fsp3) is 0. The van der Waals surface area contributed by atoms with E-state index in [2.05, 4.69) is 9.98 Å². The lowest BCUT2D eigenvalue weighted by atomic mass is 10.2. The Labute approximate surface area is 119 Å². The van der Waals surface area contributed by atoms with Crippen LogP contribution in [0.1, 0.15) is 5.76 Å². The van der Waals surface area contributed by atoms with Crippen molar-refractivity contribution in [2.75, 3.05) is 0 Å². The summed E-state index contributed by atoms with van der Waals surface area (Å²) in [6.45, 7) is 0. The fourth-order valence-corrected chi connectivity index (χ4v) is 1.67. The smallest absolute Gasteiger partial charge is 0.235 e. The Morgan fingerprint density at radius 3 is 2.75 bits per heavy atom. The van der Waals surface area contributed by atoms with Gasteiger partial charge in [-0.2, -0.15) is 4.99 Å². The van der Waals surface area contributed by atoms with Gasteiger partial charge in [0.2, 0.25) is 11.7 Å². The molecule has 2 rings (SSSR count). The van der Waals surface area contributed by atoms with Crippen LogP contribution in [0.4, 0.5) is 0 Å². The number of para-hydroxylation sites is 1. The number of amidine groups is 1. The van der Waals surface area contributed by atoms with E-state index < -0.39 is 0 Å². The first kappa shape index (κ1) is 13.9. The lowest BCUT2D eigenvalue weighted by molar-refractivity contribution is -0.106. The molecule has 0 spiro atoms. The number of aliphatic imine (C=N–C) groups is 2. The van der Waals surface area contributed by atoms with E-state index in [1.807, 2.05) is 24.3 Å². The second-order valence-electron chi connectivity index (χ2n) is 3.67. The molecule has 0 saturated heterocycles. The van der Waals surface area contributed by atoms with Gasteiger partial charge >= 0.3 is 0 Å². The van der Waals surface area contributed by atoms with Crippen molar-refractivity contribution in [1.29, 1.82) is 0 Å². The number of carbonyl (C=O) groups is 2. The van der Waals surface area contributed by atoms with Crippen LogP contribution < -0.4 is 0 Å². The maximum atomic E-state index is 10.7. The Balaban J connectivity index is 2.38. The molecule has 2 aromatic rings. The van der Waals surface area contributed by atoms with E-state index in [1.54, 1.807) is 6.07 Å². The zero-order valence-corrected chi connectivity index (χ0v) is 10.9. The van der Waals surface area contributed by atoms with Crippen molar-refractivity contribution >= 4 is 52.3 Å². The normalized spacial score (nSPS) is 13.1. The van der Waals surface area contributed by atoms with Gasteiger partial charge in [-0.3, -0.25) is 9.59 Å². The highest BCUT2D eigenvalue weighted by molar-refractivity contribution is 6.66. The number of hydrogen-bond donors (Lipinski definition) is 0. The van der Waals surface area contributed by atoms with Gasteiger partial charge in [-0.25, -0.2) is 4.99 Å². The Morgan fingerprint density at radius 2 is 2.05 bits per heavy atom. The first-order valence-corrected chi connectivity index (χ1v) is 5.98. The topological polar surface area (TPSA) is 72.0 Å². The maximum Gasteiger partial charge on any atom is 0.235 e. The van der Waals surface area contributed by atoms with Crippen LogP contribution in [0.3, 0.4) is 0 Å². The van der Waals surface area contributed by atoms with E-state index in [-0.39, 0.29) is 11.7 Å². The van der Waals surface area contributed by atoms with E-state index in [1.165, 1.54) is 12.3 Å². The quantitative estimate of drug-likeness (QED) is 0.285. The Bertz CT molecular complexity index is 696. The van der Waals surface area contributed by atoms with Crippen molar-refractivity contribution in [3.8, 4) is 0 Å². The highest BCUT2D eigenvalue weighted by Gasteiger charge is 2.07. The minimum absolute atomic E-state index is 0.229. The zero-order valence-electron chi connectivity index (χ0n) is 10.2. The molecule has 1 aromatic heterocycles. The van der Waals surface area contributed by atoms with E-state index in [4.69, 9.17) is 16.0 Å². The number of rotatable bonds is 4. The molecule has 0 atom stereocenters. The Hall–Kier alpha value is -2.53. The van der Waals surface area contributed by atoms with Crippen LogP contribution in [0.25, 0.3) is 16.5 Å². The van der Waals surface area contributed by atoms with Gasteiger partial charge < -0.3 is 4.42 Å². The summed E-state index contributed by atoms with van der Waals surface area (Å²) in [5.41, 5.74) is 1.12. The van der Waals surface area contributed by atoms with Crippen LogP contribution in [0, 0.1) is 0 Å². The van der Waals surface area contributed by atoms with Crippen LogP contribution in [0.5, 0.6) is 0 Å². The molecular weight excluding hydrogens is 280 g/mol. The van der Waals surface area contributed by atoms with Crippen molar-refractivity contribution < 1.29 is 14.0 Å². The second kappa shape index (κ2) is 6.58. The lowest BCUT2D eigenvalue weighted by Crippen LogP contribution is -1.88. The summed E-state index contributed by atoms with van der Waals surface area (Å²) in [7, 11) is 0. The molecule has 0 aliphatic rings. The SMILES string of the molecule is O=C/C=C(/C=N/C(Cl)=N\C=O)c1cc2ccccc2o1. The van der Waals surface area contributed by atoms with Crippen molar-refractivity contribution in [3.63, 3.8) is 0 Å². The molecule has 0 aliphatic heterocycles. The average molecular weight is 289 g/mol. The summed E-state index contributed by atoms with van der Waals surface area (Å²) in [6, 6.07) is 9.21. The highest BCUT2D eigenvalue weighted by Crippen LogP contribution is 2.23. The molecule has 0 fully saturated rings. The molecule has 0 unspecified atom stereocenters. The number of benzene rings is 1. The molecule has 20 heavy (non-hydrogen) atoms. The number of allylic oxidation sites excluding steroid dienone is 2. The molecule has 0 saturated carbocycles. The number of fused-ring (bicyclic) bond motifs is 1. The van der Waals surface area contributed by atoms with Crippen LogP contribution in [0.2, 0.25) is 0 Å². The third kappa shape index (κ3) is 3.27. The lowest BCUT2D eigenvalue weighted by Gasteiger charge is -1.94. The molecule has 100 valence electrons. The van der Waals surface area contributed by atoms with Crippen molar-refractivity contribution in [3.05, 3.63) is 42.2 Å². The number of aldehydes is 1. The number of carbonyl (C=O) groups excluding carboxylic acids is 2. The summed E-state index contributed by atoms with van der Waals surface area (Å²) in [4.78, 5) is 27.8. The Morgan fingerprint density at radius 1 is 1.25 bits per heavy atom. The van der Waals surface area contributed by atoms with Gasteiger partial charge in [-0.15, -0.1) is 0 Å². The average Bonchev–Trinajstić information content (AvgIpc) is 2.87. The molecule has 6 heteroatoms. The summed E-state index contributed by atoms with van der Waals surface area (Å²) >= 11 is 5.57. The number of hydrogen-bond acceptors (Lipinski definition) is 3. The molecule has 1 heterocycles. The summed E-state index contributed by atoms with van der Waals surface area (Å²) in [5, 5.41) is 0.674. The molecular formula is C14H9ClN2O3. The largest absolute Gasteiger partial charge is 0.456 e. The highest BCUT2D eigenvalue weighted by atomic mass is 35.5. The number of amides is 1. The third-order valence-corrected chi connectivity index (χ3v) is 2.62. The number of nitrogens with zero attached hydrogens (tertiary/aromatic N) is 2. The van der Waals surface area contributed by atoms with Gasteiger partial charge in [0, 0.05) is 17.2 Å². The monoisotopic (exact) mass is 288 g/mol. The van der Waals surface area contributed by atoms with Gasteiger partial charge in [0.15, 0.2) is 0 Å². The maximum absolute atomic E-state index is 10.7. The third-order valence-electron chi connectivity index (χ3n) is 2.43. The predicted molar refractivity (Wildman–Crippen MR) is 78.1 cm³/mol. The minimum atomic E-state index is -0.229. The first-order valence-electron chi connectivity index (χ1n) is 5.60. The van der Waals surface area contributed by atoms with Crippen LogP contribution in [-0.4, -0.2) is 24.2 Å². The van der Waals surface area contributed by atoms with E-state index >= 15 is 0 Å². The number of halogens is 1. The predicted octanol–water partition coefficient (Wildman–Crippen LogP) is 2.84. The van der Waals surface area contributed by atoms with E-state index in [0.717, 1.165) is 5.39 Å². The van der Waals surface area contributed by atoms with Crippen molar-refractivity contribution in [2.24, 2.45) is 9.98 Å². The van der Waals surface area contributed by atoms with Crippen molar-refractivity contribution in [2.45, 2.75) is 0 Å². The van der Waals surface area contributed by atoms with Gasteiger partial charge in [0.1, 0.15) is 17.6 Å². The van der Waals surface area contributed by atoms with Crippen LogP contribution in [-0.2, 0) is 9.59 Å². The molecule has 0 radical (unpaired) electrons. The second-order valence-corrected chi connectivity index (χ2v) is 4.01. The van der Waals surface area contributed by atoms with Gasteiger partial charge in [-0.1, -0.05) is 18.2 Å². The summed E-state index contributed by atoms with van der Waals surface area (Å²) in [6.07, 6.45) is 3.48. The van der Waals surface area contributed by atoms with E-state index in [9.17, 15) is 9.59 Å². The first-order chi connectivity index (χ1) is 9.74. The van der Waals surface area contributed by atoms with Gasteiger partial charge in [0.05, 0.1) is 0 Å². The molecule has 5 nitrogen and oxygen atoms in total. The van der Waals surface area contributed by atoms with Gasteiger partial charge in [0.25, 0.3) is 0 Å². The summed E-state index contributed by atoms with van der Waals surface area (Å²) in [5.74, 6) is 0.470. The minimum Gasteiger partial charge on any atom is -0.456 e. The fourth-order valence-electron chi connectivity index (χ4n) is 1.59. The molecule has 1 amide bonds. The Kier molecular flexibility index (Phi) is 4.57. The number of furan rings is 1. The molecule has 1 aromatic carbocycles. The molecule has 0 bridgehead atoms. The standard InChI is InChI=1S/C14H9ClN2O3/c15-14(17-9-19)16-8-11(5-6-18)13-7-10-3-1-2-4-12(10)20-13/h1-9H/b11-5-,16-8+,17-14-. The summed E-state index contributed by atoms with van der Waals surface area (Å²) < 4.78 is 5.60.